The van der Waals surface area contributed by atoms with Gasteiger partial charge < -0.3 is 5.32 Å². The van der Waals surface area contributed by atoms with Gasteiger partial charge in [-0.1, -0.05) is 6.07 Å². The van der Waals surface area contributed by atoms with Crippen molar-refractivity contribution < 1.29 is 14.4 Å². The molecule has 1 aliphatic heterocycles. The Morgan fingerprint density at radius 3 is 2.75 bits per heavy atom. The zero-order valence-electron chi connectivity index (χ0n) is 12.5. The molecule has 2 aromatic rings. The standard InChI is InChI=1S/C16H13N3O3S2/c20-14(11-3-5-17-6-4-11)18-7-8-19-15(21)13(24-16(19)22)10-12-2-1-9-23-12/h1-6,9-10H,7-8H2,(H,18,20)/b13-10+. The minimum atomic E-state index is -0.323. The van der Waals surface area contributed by atoms with Gasteiger partial charge >= 0.3 is 0 Å². The van der Waals surface area contributed by atoms with Crippen LogP contribution in [0, 0.1) is 0 Å². The summed E-state index contributed by atoms with van der Waals surface area (Å²) in [5.41, 5.74) is 0.483. The Kier molecular flexibility index (Phi) is 5.07. The molecule has 0 bridgehead atoms. The van der Waals surface area contributed by atoms with E-state index in [-0.39, 0.29) is 30.1 Å². The smallest absolute Gasteiger partial charge is 0.293 e. The first-order valence-corrected chi connectivity index (χ1v) is 8.82. The van der Waals surface area contributed by atoms with Gasteiger partial charge in [-0.3, -0.25) is 24.3 Å². The Labute approximate surface area is 146 Å². The van der Waals surface area contributed by atoms with E-state index in [1.54, 1.807) is 18.2 Å². The minimum absolute atomic E-state index is 0.142. The molecule has 0 saturated carbocycles. The molecule has 1 saturated heterocycles. The summed E-state index contributed by atoms with van der Waals surface area (Å²) in [6.07, 6.45) is 4.77. The van der Waals surface area contributed by atoms with Crippen molar-refractivity contribution in [2.24, 2.45) is 0 Å². The van der Waals surface area contributed by atoms with Crippen molar-refractivity contribution in [3.05, 3.63) is 57.4 Å². The first kappa shape index (κ1) is 16.4. The van der Waals surface area contributed by atoms with Crippen LogP contribution in [0.25, 0.3) is 6.08 Å². The Balaban J connectivity index is 1.57. The molecule has 0 unspecified atom stereocenters. The second kappa shape index (κ2) is 7.41. The van der Waals surface area contributed by atoms with Crippen molar-refractivity contribution in [3.63, 3.8) is 0 Å². The number of amides is 3. The van der Waals surface area contributed by atoms with E-state index in [9.17, 15) is 14.4 Å². The number of thioether (sulfide) groups is 1. The van der Waals surface area contributed by atoms with Gasteiger partial charge in [-0.25, -0.2) is 0 Å². The predicted octanol–water partition coefficient (Wildman–Crippen LogP) is 2.61. The number of carbonyl (C=O) groups excluding carboxylic acids is 3. The average Bonchev–Trinajstić information content (AvgIpc) is 3.19. The Bertz CT molecular complexity index is 788. The number of carbonyl (C=O) groups is 3. The summed E-state index contributed by atoms with van der Waals surface area (Å²) in [4.78, 5) is 42.5. The van der Waals surface area contributed by atoms with E-state index in [4.69, 9.17) is 0 Å². The van der Waals surface area contributed by atoms with Crippen LogP contribution in [0.5, 0.6) is 0 Å². The van der Waals surface area contributed by atoms with E-state index in [0.29, 0.717) is 10.5 Å². The van der Waals surface area contributed by atoms with E-state index in [0.717, 1.165) is 21.5 Å². The van der Waals surface area contributed by atoms with Crippen LogP contribution in [0.4, 0.5) is 4.79 Å². The second-order valence-electron chi connectivity index (χ2n) is 4.84. The quantitative estimate of drug-likeness (QED) is 0.830. The van der Waals surface area contributed by atoms with E-state index in [1.165, 1.54) is 23.7 Å². The molecular weight excluding hydrogens is 346 g/mol. The maximum absolute atomic E-state index is 12.3. The molecular formula is C16H13N3O3S2. The maximum atomic E-state index is 12.3. The lowest BCUT2D eigenvalue weighted by Gasteiger charge is -2.12. The van der Waals surface area contributed by atoms with Crippen LogP contribution in [0.15, 0.2) is 46.9 Å². The van der Waals surface area contributed by atoms with E-state index in [1.807, 2.05) is 17.5 Å². The summed E-state index contributed by atoms with van der Waals surface area (Å²) in [6.45, 7) is 0.342. The van der Waals surface area contributed by atoms with Crippen molar-refractivity contribution in [1.82, 2.24) is 15.2 Å². The number of nitrogens with one attached hydrogen (secondary N) is 1. The SMILES string of the molecule is O=C(NCCN1C(=O)S/C(=C/c2cccs2)C1=O)c1ccncc1. The molecule has 6 nitrogen and oxygen atoms in total. The first-order chi connectivity index (χ1) is 11.6. The molecule has 1 aliphatic rings. The number of nitrogens with zero attached hydrogens (tertiary/aromatic N) is 2. The highest BCUT2D eigenvalue weighted by Crippen LogP contribution is 2.32. The monoisotopic (exact) mass is 359 g/mol. The summed E-state index contributed by atoms with van der Waals surface area (Å²) >= 11 is 2.42. The van der Waals surface area contributed by atoms with Crippen LogP contribution < -0.4 is 5.32 Å². The molecule has 2 aromatic heterocycles. The molecule has 0 aliphatic carbocycles. The van der Waals surface area contributed by atoms with Crippen LogP contribution in [0.2, 0.25) is 0 Å². The third kappa shape index (κ3) is 3.72. The largest absolute Gasteiger partial charge is 0.350 e. The van der Waals surface area contributed by atoms with Gasteiger partial charge in [0.1, 0.15) is 0 Å². The summed E-state index contributed by atoms with van der Waals surface area (Å²) < 4.78 is 0. The molecule has 122 valence electrons. The highest BCUT2D eigenvalue weighted by molar-refractivity contribution is 8.18. The van der Waals surface area contributed by atoms with Gasteiger partial charge in [0, 0.05) is 35.9 Å². The third-order valence-electron chi connectivity index (χ3n) is 3.25. The van der Waals surface area contributed by atoms with Crippen molar-refractivity contribution >= 4 is 46.2 Å². The van der Waals surface area contributed by atoms with Gasteiger partial charge in [0.05, 0.1) is 4.91 Å². The number of imide groups is 1. The van der Waals surface area contributed by atoms with Gasteiger partial charge in [-0.15, -0.1) is 11.3 Å². The molecule has 3 amide bonds. The van der Waals surface area contributed by atoms with Gasteiger partial charge in [-0.2, -0.15) is 0 Å². The van der Waals surface area contributed by atoms with Crippen molar-refractivity contribution in [1.29, 1.82) is 0 Å². The number of pyridine rings is 1. The Morgan fingerprint density at radius 1 is 1.25 bits per heavy atom. The Hall–Kier alpha value is -2.45. The third-order valence-corrected chi connectivity index (χ3v) is 4.98. The summed E-state index contributed by atoms with van der Waals surface area (Å²) in [7, 11) is 0. The molecule has 0 aromatic carbocycles. The molecule has 8 heteroatoms. The molecule has 0 radical (unpaired) electrons. The van der Waals surface area contributed by atoms with Gasteiger partial charge in [0.25, 0.3) is 17.1 Å². The number of hydrogen-bond donors (Lipinski definition) is 1. The molecule has 3 rings (SSSR count). The van der Waals surface area contributed by atoms with Crippen LogP contribution in [-0.4, -0.2) is 40.0 Å². The lowest BCUT2D eigenvalue weighted by molar-refractivity contribution is -0.122. The normalized spacial score (nSPS) is 16.0. The maximum Gasteiger partial charge on any atom is 0.293 e. The highest BCUT2D eigenvalue weighted by Gasteiger charge is 2.34. The lowest BCUT2D eigenvalue weighted by atomic mass is 10.2. The zero-order valence-corrected chi connectivity index (χ0v) is 14.1. The number of thiophene rings is 1. The van der Waals surface area contributed by atoms with E-state index in [2.05, 4.69) is 10.3 Å². The van der Waals surface area contributed by atoms with Crippen LogP contribution >= 0.6 is 23.1 Å². The topological polar surface area (TPSA) is 79.4 Å². The fourth-order valence-electron chi connectivity index (χ4n) is 2.08. The second-order valence-corrected chi connectivity index (χ2v) is 6.81. The van der Waals surface area contributed by atoms with Gasteiger partial charge in [0.15, 0.2) is 0 Å². The molecule has 24 heavy (non-hydrogen) atoms. The molecule has 0 spiro atoms. The molecule has 0 atom stereocenters. The van der Waals surface area contributed by atoms with Crippen molar-refractivity contribution in [2.75, 3.05) is 13.1 Å². The molecule has 3 heterocycles. The highest BCUT2D eigenvalue weighted by atomic mass is 32.2. The van der Waals surface area contributed by atoms with E-state index < -0.39 is 0 Å². The zero-order chi connectivity index (χ0) is 16.9. The Morgan fingerprint density at radius 2 is 2.04 bits per heavy atom. The van der Waals surface area contributed by atoms with Gasteiger partial charge in [-0.05, 0) is 41.4 Å². The summed E-state index contributed by atoms with van der Waals surface area (Å²) in [5.74, 6) is -0.588. The van der Waals surface area contributed by atoms with Crippen molar-refractivity contribution in [3.8, 4) is 0 Å². The lowest BCUT2D eigenvalue weighted by Crippen LogP contribution is -2.37. The first-order valence-electron chi connectivity index (χ1n) is 7.12. The van der Waals surface area contributed by atoms with Crippen LogP contribution in [0.1, 0.15) is 15.2 Å². The van der Waals surface area contributed by atoms with E-state index >= 15 is 0 Å². The summed E-state index contributed by atoms with van der Waals surface area (Å²) in [5, 5.41) is 4.28. The number of aromatic nitrogens is 1. The van der Waals surface area contributed by atoms with Gasteiger partial charge in [0.2, 0.25) is 0 Å². The predicted molar refractivity (Wildman–Crippen MR) is 93.6 cm³/mol. The fraction of sp³-hybridized carbons (Fsp3) is 0.125. The molecule has 1 N–H and O–H groups in total. The van der Waals surface area contributed by atoms with Crippen LogP contribution in [0.3, 0.4) is 0 Å². The van der Waals surface area contributed by atoms with Crippen LogP contribution in [-0.2, 0) is 4.79 Å². The number of rotatable bonds is 5. The molecule has 1 fully saturated rings. The number of hydrogen-bond acceptors (Lipinski definition) is 6. The minimum Gasteiger partial charge on any atom is -0.350 e. The summed E-state index contributed by atoms with van der Waals surface area (Å²) in [6, 6.07) is 6.96. The fourth-order valence-corrected chi connectivity index (χ4v) is 3.67. The van der Waals surface area contributed by atoms with Crippen molar-refractivity contribution in [2.45, 2.75) is 0 Å². The average molecular weight is 359 g/mol.